The SMILES string of the molecule is C/C=N\C(NCCC)=C(/C)CC. The van der Waals surface area contributed by atoms with E-state index in [1.54, 1.807) is 0 Å². The van der Waals surface area contributed by atoms with E-state index in [4.69, 9.17) is 0 Å². The van der Waals surface area contributed by atoms with E-state index in [0.717, 1.165) is 25.2 Å². The Labute approximate surface area is 75.8 Å². The van der Waals surface area contributed by atoms with Crippen LogP contribution in [0.2, 0.25) is 0 Å². The normalized spacial score (nSPS) is 13.3. The van der Waals surface area contributed by atoms with Crippen molar-refractivity contribution >= 4 is 6.21 Å². The average molecular weight is 168 g/mol. The third-order valence-corrected chi connectivity index (χ3v) is 1.74. The van der Waals surface area contributed by atoms with Crippen LogP contribution in [-0.4, -0.2) is 12.8 Å². The van der Waals surface area contributed by atoms with Gasteiger partial charge in [-0.1, -0.05) is 13.8 Å². The van der Waals surface area contributed by atoms with Crippen molar-refractivity contribution < 1.29 is 0 Å². The van der Waals surface area contributed by atoms with Crippen molar-refractivity contribution in [3.05, 3.63) is 11.4 Å². The highest BCUT2D eigenvalue weighted by Crippen LogP contribution is 2.05. The fourth-order valence-electron chi connectivity index (χ4n) is 0.847. The van der Waals surface area contributed by atoms with Crippen molar-refractivity contribution in [2.75, 3.05) is 6.54 Å². The monoisotopic (exact) mass is 168 g/mol. The molecule has 0 aliphatic rings. The Hall–Kier alpha value is -0.790. The predicted molar refractivity (Wildman–Crippen MR) is 55.5 cm³/mol. The number of nitrogens with one attached hydrogen (secondary N) is 1. The van der Waals surface area contributed by atoms with E-state index < -0.39 is 0 Å². The van der Waals surface area contributed by atoms with Gasteiger partial charge in [0.05, 0.1) is 0 Å². The molecule has 0 aromatic carbocycles. The first-order valence-electron chi connectivity index (χ1n) is 4.68. The Morgan fingerprint density at radius 1 is 1.42 bits per heavy atom. The van der Waals surface area contributed by atoms with Crippen LogP contribution >= 0.6 is 0 Å². The zero-order chi connectivity index (χ0) is 9.40. The van der Waals surface area contributed by atoms with Gasteiger partial charge in [-0.15, -0.1) is 0 Å². The van der Waals surface area contributed by atoms with Crippen molar-refractivity contribution in [1.29, 1.82) is 0 Å². The van der Waals surface area contributed by atoms with Crippen LogP contribution in [0.5, 0.6) is 0 Å². The standard InChI is InChI=1S/C10H20N2/c1-5-8-12-10(11-7-3)9(4)6-2/h7,12H,5-6,8H2,1-4H3/b10-9-,11-7-. The average Bonchev–Trinajstić information content (AvgIpc) is 2.11. The Morgan fingerprint density at radius 3 is 2.50 bits per heavy atom. The maximum absolute atomic E-state index is 4.28. The molecule has 0 saturated heterocycles. The van der Waals surface area contributed by atoms with Crippen LogP contribution in [-0.2, 0) is 0 Å². The summed E-state index contributed by atoms with van der Waals surface area (Å²) in [7, 11) is 0. The number of allylic oxidation sites excluding steroid dienone is 1. The highest BCUT2D eigenvalue weighted by Gasteiger charge is 1.95. The molecule has 1 N–H and O–H groups in total. The summed E-state index contributed by atoms with van der Waals surface area (Å²) >= 11 is 0. The molecule has 0 aliphatic carbocycles. The van der Waals surface area contributed by atoms with Gasteiger partial charge in [-0.3, -0.25) is 0 Å². The molecule has 0 radical (unpaired) electrons. The van der Waals surface area contributed by atoms with Crippen LogP contribution in [0.4, 0.5) is 0 Å². The lowest BCUT2D eigenvalue weighted by molar-refractivity contribution is 0.746. The van der Waals surface area contributed by atoms with Gasteiger partial charge in [0.1, 0.15) is 5.82 Å². The predicted octanol–water partition coefficient (Wildman–Crippen LogP) is 2.72. The van der Waals surface area contributed by atoms with Crippen LogP contribution in [0.1, 0.15) is 40.5 Å². The summed E-state index contributed by atoms with van der Waals surface area (Å²) in [6.45, 7) is 9.36. The Kier molecular flexibility index (Phi) is 6.44. The van der Waals surface area contributed by atoms with Gasteiger partial charge in [0.15, 0.2) is 0 Å². The van der Waals surface area contributed by atoms with Crippen molar-refractivity contribution in [1.82, 2.24) is 5.32 Å². The molecule has 0 aromatic rings. The van der Waals surface area contributed by atoms with E-state index >= 15 is 0 Å². The molecule has 0 atom stereocenters. The molecule has 2 nitrogen and oxygen atoms in total. The second kappa shape index (κ2) is 6.89. The van der Waals surface area contributed by atoms with Crippen LogP contribution in [0.15, 0.2) is 16.4 Å². The van der Waals surface area contributed by atoms with Gasteiger partial charge in [0, 0.05) is 12.8 Å². The summed E-state index contributed by atoms with van der Waals surface area (Å²) in [6.07, 6.45) is 4.03. The summed E-state index contributed by atoms with van der Waals surface area (Å²) in [4.78, 5) is 4.28. The highest BCUT2D eigenvalue weighted by molar-refractivity contribution is 5.55. The largest absolute Gasteiger partial charge is 0.370 e. The van der Waals surface area contributed by atoms with Gasteiger partial charge < -0.3 is 5.32 Å². The number of hydrogen-bond donors (Lipinski definition) is 1. The molecular formula is C10H20N2. The van der Waals surface area contributed by atoms with Crippen molar-refractivity contribution in [3.8, 4) is 0 Å². The first-order chi connectivity index (χ1) is 5.76. The molecule has 12 heavy (non-hydrogen) atoms. The minimum atomic E-state index is 1.00. The Morgan fingerprint density at radius 2 is 2.08 bits per heavy atom. The van der Waals surface area contributed by atoms with Crippen molar-refractivity contribution in [3.63, 3.8) is 0 Å². The second-order valence-corrected chi connectivity index (χ2v) is 2.80. The maximum atomic E-state index is 4.28. The Bertz CT molecular complexity index is 169. The third kappa shape index (κ3) is 4.16. The molecular weight excluding hydrogens is 148 g/mol. The third-order valence-electron chi connectivity index (χ3n) is 1.74. The molecule has 0 unspecified atom stereocenters. The number of nitrogens with zero attached hydrogens (tertiary/aromatic N) is 1. The van der Waals surface area contributed by atoms with Crippen LogP contribution < -0.4 is 5.32 Å². The van der Waals surface area contributed by atoms with Crippen molar-refractivity contribution in [2.45, 2.75) is 40.5 Å². The quantitative estimate of drug-likeness (QED) is 0.627. The molecule has 0 bridgehead atoms. The summed E-state index contributed by atoms with van der Waals surface area (Å²) in [6, 6.07) is 0. The lowest BCUT2D eigenvalue weighted by Gasteiger charge is -2.07. The molecule has 0 rings (SSSR count). The fourth-order valence-corrected chi connectivity index (χ4v) is 0.847. The van der Waals surface area contributed by atoms with E-state index in [9.17, 15) is 0 Å². The first kappa shape index (κ1) is 11.2. The minimum Gasteiger partial charge on any atom is -0.370 e. The second-order valence-electron chi connectivity index (χ2n) is 2.80. The number of hydrogen-bond acceptors (Lipinski definition) is 2. The first-order valence-corrected chi connectivity index (χ1v) is 4.68. The summed E-state index contributed by atoms with van der Waals surface area (Å²) in [5.74, 6) is 1.04. The van der Waals surface area contributed by atoms with Gasteiger partial charge in [-0.25, -0.2) is 4.99 Å². The van der Waals surface area contributed by atoms with Gasteiger partial charge >= 0.3 is 0 Å². The number of rotatable bonds is 5. The molecule has 0 heterocycles. The van der Waals surface area contributed by atoms with E-state index in [1.807, 2.05) is 13.1 Å². The lowest BCUT2D eigenvalue weighted by Crippen LogP contribution is -2.14. The number of aliphatic imine (C=N–C) groups is 1. The van der Waals surface area contributed by atoms with Gasteiger partial charge in [-0.05, 0) is 32.3 Å². The summed E-state index contributed by atoms with van der Waals surface area (Å²) in [5, 5.41) is 3.30. The van der Waals surface area contributed by atoms with E-state index in [2.05, 4.69) is 31.1 Å². The lowest BCUT2D eigenvalue weighted by atomic mass is 10.2. The topological polar surface area (TPSA) is 24.4 Å². The molecule has 0 aromatic heterocycles. The van der Waals surface area contributed by atoms with Crippen LogP contribution in [0, 0.1) is 0 Å². The molecule has 2 heteroatoms. The molecule has 0 saturated carbocycles. The molecule has 0 fully saturated rings. The van der Waals surface area contributed by atoms with Gasteiger partial charge in [0.2, 0.25) is 0 Å². The zero-order valence-electron chi connectivity index (χ0n) is 8.65. The van der Waals surface area contributed by atoms with Crippen LogP contribution in [0.3, 0.4) is 0 Å². The molecule has 0 amide bonds. The summed E-state index contributed by atoms with van der Waals surface area (Å²) in [5.41, 5.74) is 1.32. The summed E-state index contributed by atoms with van der Waals surface area (Å²) < 4.78 is 0. The zero-order valence-corrected chi connectivity index (χ0v) is 8.65. The smallest absolute Gasteiger partial charge is 0.124 e. The van der Waals surface area contributed by atoms with E-state index in [-0.39, 0.29) is 0 Å². The molecule has 0 aliphatic heterocycles. The Balaban J connectivity index is 4.21. The minimum absolute atomic E-state index is 1.00. The molecule has 70 valence electrons. The van der Waals surface area contributed by atoms with Crippen molar-refractivity contribution in [2.24, 2.45) is 4.99 Å². The fraction of sp³-hybridized carbons (Fsp3) is 0.700. The van der Waals surface area contributed by atoms with Gasteiger partial charge in [0.25, 0.3) is 0 Å². The van der Waals surface area contributed by atoms with Crippen LogP contribution in [0.25, 0.3) is 0 Å². The maximum Gasteiger partial charge on any atom is 0.124 e. The molecule has 0 spiro atoms. The highest BCUT2D eigenvalue weighted by atomic mass is 15.0. The van der Waals surface area contributed by atoms with Gasteiger partial charge in [-0.2, -0.15) is 0 Å². The van der Waals surface area contributed by atoms with E-state index in [1.165, 1.54) is 5.57 Å². The van der Waals surface area contributed by atoms with E-state index in [0.29, 0.717) is 0 Å².